The molecule has 0 radical (unpaired) electrons. The molecule has 3 unspecified atom stereocenters. The lowest BCUT2D eigenvalue weighted by atomic mass is 9.95. The van der Waals surface area contributed by atoms with Gasteiger partial charge in [0.1, 0.15) is 4.99 Å². The van der Waals surface area contributed by atoms with Gasteiger partial charge in [-0.25, -0.2) is 0 Å². The summed E-state index contributed by atoms with van der Waals surface area (Å²) >= 11 is 6.94. The number of rotatable bonds is 4. The summed E-state index contributed by atoms with van der Waals surface area (Å²) < 4.78 is 0. The van der Waals surface area contributed by atoms with E-state index in [1.54, 1.807) is 11.8 Å². The molecular weight excluding hydrogens is 272 g/mol. The molecule has 3 atom stereocenters. The summed E-state index contributed by atoms with van der Waals surface area (Å²) in [6.07, 6.45) is 7.59. The van der Waals surface area contributed by atoms with Crippen molar-refractivity contribution >= 4 is 34.7 Å². The second-order valence-corrected chi connectivity index (χ2v) is 6.96. The Morgan fingerprint density at radius 3 is 2.79 bits per heavy atom. The van der Waals surface area contributed by atoms with Gasteiger partial charge in [0.15, 0.2) is 0 Å². The number of fused-ring (bicyclic) bond motifs is 2. The molecule has 102 valence electrons. The monoisotopic (exact) mass is 292 g/mol. The summed E-state index contributed by atoms with van der Waals surface area (Å²) in [5, 5.41) is 3.72. The largest absolute Gasteiger partial charge is 0.389 e. The summed E-state index contributed by atoms with van der Waals surface area (Å²) in [5.41, 5.74) is 8.06. The number of thiocarbonyl (C=S) groups is 1. The van der Waals surface area contributed by atoms with Crippen molar-refractivity contribution < 1.29 is 0 Å². The molecule has 0 heterocycles. The van der Waals surface area contributed by atoms with Crippen molar-refractivity contribution in [3.05, 3.63) is 23.8 Å². The predicted molar refractivity (Wildman–Crippen MR) is 87.0 cm³/mol. The Hall–Kier alpha value is -0.740. The number of anilines is 1. The van der Waals surface area contributed by atoms with Crippen LogP contribution in [0.2, 0.25) is 0 Å². The summed E-state index contributed by atoms with van der Waals surface area (Å²) in [7, 11) is 0. The Balaban J connectivity index is 1.86. The third-order valence-electron chi connectivity index (χ3n) is 4.57. The highest BCUT2D eigenvalue weighted by atomic mass is 32.2. The van der Waals surface area contributed by atoms with Crippen LogP contribution in [0.25, 0.3) is 0 Å². The van der Waals surface area contributed by atoms with Gasteiger partial charge < -0.3 is 11.1 Å². The van der Waals surface area contributed by atoms with Crippen molar-refractivity contribution in [1.82, 2.24) is 0 Å². The number of nitrogens with one attached hydrogen (secondary N) is 1. The van der Waals surface area contributed by atoms with E-state index in [9.17, 15) is 0 Å². The van der Waals surface area contributed by atoms with E-state index in [-0.39, 0.29) is 0 Å². The van der Waals surface area contributed by atoms with Crippen LogP contribution in [0.1, 0.15) is 31.2 Å². The molecule has 2 fully saturated rings. The van der Waals surface area contributed by atoms with Gasteiger partial charge >= 0.3 is 0 Å². The van der Waals surface area contributed by atoms with Gasteiger partial charge in [0.2, 0.25) is 0 Å². The molecule has 0 spiro atoms. The standard InChI is InChI=1S/C15H20N2S2/c1-19-13-4-2-3-11(14(13)15(16)18)17-12-8-9-5-6-10(12)7-9/h2-4,9-10,12,17H,5-8H2,1H3,(H2,16,18). The molecule has 2 aliphatic carbocycles. The van der Waals surface area contributed by atoms with Gasteiger partial charge in [0.05, 0.1) is 0 Å². The van der Waals surface area contributed by atoms with Gasteiger partial charge in [-0.1, -0.05) is 24.7 Å². The molecule has 0 aromatic heterocycles. The van der Waals surface area contributed by atoms with Gasteiger partial charge in [-0.3, -0.25) is 0 Å². The van der Waals surface area contributed by atoms with E-state index < -0.39 is 0 Å². The van der Waals surface area contributed by atoms with Crippen molar-refractivity contribution in [2.45, 2.75) is 36.6 Å². The van der Waals surface area contributed by atoms with E-state index in [0.29, 0.717) is 11.0 Å². The number of thioether (sulfide) groups is 1. The summed E-state index contributed by atoms with van der Waals surface area (Å²) in [4.78, 5) is 1.66. The second-order valence-electron chi connectivity index (χ2n) is 5.67. The Kier molecular flexibility index (Phi) is 3.72. The molecule has 2 bridgehead atoms. The summed E-state index contributed by atoms with van der Waals surface area (Å²) in [6, 6.07) is 6.90. The highest BCUT2D eigenvalue weighted by molar-refractivity contribution is 7.98. The molecule has 1 aromatic carbocycles. The Morgan fingerprint density at radius 2 is 2.21 bits per heavy atom. The normalized spacial score (nSPS) is 28.6. The third kappa shape index (κ3) is 2.48. The van der Waals surface area contributed by atoms with Gasteiger partial charge in [-0.2, -0.15) is 0 Å². The maximum Gasteiger partial charge on any atom is 0.107 e. The van der Waals surface area contributed by atoms with E-state index in [1.165, 1.54) is 30.6 Å². The SMILES string of the molecule is CSc1cccc(NC2CC3CCC2C3)c1C(N)=S. The van der Waals surface area contributed by atoms with E-state index >= 15 is 0 Å². The zero-order chi connectivity index (χ0) is 13.4. The average Bonchev–Trinajstić information content (AvgIpc) is 3.00. The zero-order valence-corrected chi connectivity index (χ0v) is 12.8. The van der Waals surface area contributed by atoms with E-state index in [0.717, 1.165) is 23.1 Å². The Morgan fingerprint density at radius 1 is 1.37 bits per heavy atom. The summed E-state index contributed by atoms with van der Waals surface area (Å²) in [6.45, 7) is 0. The van der Waals surface area contributed by atoms with E-state index in [4.69, 9.17) is 18.0 Å². The fourth-order valence-corrected chi connectivity index (χ4v) is 4.62. The maximum atomic E-state index is 5.92. The topological polar surface area (TPSA) is 38.0 Å². The van der Waals surface area contributed by atoms with Crippen LogP contribution >= 0.6 is 24.0 Å². The van der Waals surface area contributed by atoms with E-state index in [2.05, 4.69) is 29.8 Å². The van der Waals surface area contributed by atoms with Crippen LogP contribution in [-0.4, -0.2) is 17.3 Å². The number of hydrogen-bond donors (Lipinski definition) is 2. The Bertz CT molecular complexity index is 501. The zero-order valence-electron chi connectivity index (χ0n) is 11.2. The number of nitrogens with two attached hydrogens (primary N) is 1. The van der Waals surface area contributed by atoms with Gasteiger partial charge in [-0.05, 0) is 49.5 Å². The lowest BCUT2D eigenvalue weighted by molar-refractivity contribution is 0.439. The molecule has 3 N–H and O–H groups in total. The van der Waals surface area contributed by atoms with Gasteiger partial charge in [-0.15, -0.1) is 11.8 Å². The first kappa shape index (κ1) is 13.3. The molecule has 2 saturated carbocycles. The van der Waals surface area contributed by atoms with Crippen molar-refractivity contribution in [3.63, 3.8) is 0 Å². The van der Waals surface area contributed by atoms with Crippen molar-refractivity contribution in [3.8, 4) is 0 Å². The van der Waals surface area contributed by atoms with Crippen LogP contribution in [0.4, 0.5) is 5.69 Å². The average molecular weight is 292 g/mol. The molecule has 3 rings (SSSR count). The second kappa shape index (κ2) is 5.33. The maximum absolute atomic E-state index is 5.92. The quantitative estimate of drug-likeness (QED) is 0.656. The van der Waals surface area contributed by atoms with Crippen molar-refractivity contribution in [2.75, 3.05) is 11.6 Å². The molecule has 2 aliphatic rings. The smallest absolute Gasteiger partial charge is 0.107 e. The highest BCUT2D eigenvalue weighted by Gasteiger charge is 2.39. The van der Waals surface area contributed by atoms with Crippen LogP contribution in [0, 0.1) is 11.8 Å². The third-order valence-corrected chi connectivity index (χ3v) is 5.56. The van der Waals surface area contributed by atoms with Crippen LogP contribution < -0.4 is 11.1 Å². The fourth-order valence-electron chi connectivity index (χ4n) is 3.70. The lowest BCUT2D eigenvalue weighted by Gasteiger charge is -2.25. The molecule has 0 saturated heterocycles. The molecule has 1 aromatic rings. The highest BCUT2D eigenvalue weighted by Crippen LogP contribution is 2.46. The fraction of sp³-hybridized carbons (Fsp3) is 0.533. The first-order valence-electron chi connectivity index (χ1n) is 6.92. The van der Waals surface area contributed by atoms with Crippen LogP contribution in [-0.2, 0) is 0 Å². The number of benzene rings is 1. The molecular formula is C15H20N2S2. The van der Waals surface area contributed by atoms with Gasteiger partial charge in [0, 0.05) is 22.2 Å². The van der Waals surface area contributed by atoms with Crippen molar-refractivity contribution in [2.24, 2.45) is 17.6 Å². The summed E-state index contributed by atoms with van der Waals surface area (Å²) in [5.74, 6) is 1.79. The lowest BCUT2D eigenvalue weighted by Crippen LogP contribution is -2.27. The minimum Gasteiger partial charge on any atom is -0.389 e. The molecule has 0 aliphatic heterocycles. The minimum absolute atomic E-state index is 0.496. The van der Waals surface area contributed by atoms with Gasteiger partial charge in [0.25, 0.3) is 0 Å². The van der Waals surface area contributed by atoms with Crippen LogP contribution in [0.3, 0.4) is 0 Å². The van der Waals surface area contributed by atoms with E-state index in [1.807, 2.05) is 0 Å². The van der Waals surface area contributed by atoms with Crippen LogP contribution in [0.15, 0.2) is 23.1 Å². The molecule has 4 heteroatoms. The first-order valence-corrected chi connectivity index (χ1v) is 8.55. The number of hydrogen-bond acceptors (Lipinski definition) is 3. The molecule has 0 amide bonds. The minimum atomic E-state index is 0.496. The molecule has 19 heavy (non-hydrogen) atoms. The van der Waals surface area contributed by atoms with Crippen LogP contribution in [0.5, 0.6) is 0 Å². The van der Waals surface area contributed by atoms with Crippen molar-refractivity contribution in [1.29, 1.82) is 0 Å². The first-order chi connectivity index (χ1) is 9.19. The molecule has 2 nitrogen and oxygen atoms in total. The Labute approximate surface area is 124 Å². The predicted octanol–water partition coefficient (Wildman–Crippen LogP) is 3.64.